The Hall–Kier alpha value is -1.20. The fourth-order valence-corrected chi connectivity index (χ4v) is 1.88. The van der Waals surface area contributed by atoms with Gasteiger partial charge in [-0.2, -0.15) is 0 Å². The number of aryl methyl sites for hydroxylation is 1. The van der Waals surface area contributed by atoms with Crippen LogP contribution >= 0.6 is 0 Å². The van der Waals surface area contributed by atoms with Gasteiger partial charge < -0.3 is 5.43 Å². The van der Waals surface area contributed by atoms with Crippen molar-refractivity contribution >= 4 is 5.82 Å². The maximum atomic E-state index is 5.37. The van der Waals surface area contributed by atoms with Crippen LogP contribution in [0.5, 0.6) is 0 Å². The Balaban J connectivity index is 2.71. The average molecular weight is 237 g/mol. The maximum absolute atomic E-state index is 5.37. The zero-order chi connectivity index (χ0) is 13.1. The van der Waals surface area contributed by atoms with Gasteiger partial charge in [-0.15, -0.1) is 0 Å². The number of anilines is 1. The first-order valence-electron chi connectivity index (χ1n) is 5.80. The van der Waals surface area contributed by atoms with Crippen molar-refractivity contribution in [1.82, 2.24) is 14.9 Å². The van der Waals surface area contributed by atoms with Gasteiger partial charge in [-0.3, -0.25) is 4.90 Å². The van der Waals surface area contributed by atoms with Crippen LogP contribution in [-0.2, 0) is 6.54 Å². The summed E-state index contributed by atoms with van der Waals surface area (Å²) in [6, 6.07) is 1.83. The van der Waals surface area contributed by atoms with Crippen molar-refractivity contribution in [2.45, 2.75) is 34.2 Å². The van der Waals surface area contributed by atoms with Crippen molar-refractivity contribution in [1.29, 1.82) is 0 Å². The summed E-state index contributed by atoms with van der Waals surface area (Å²) < 4.78 is 0. The van der Waals surface area contributed by atoms with E-state index in [0.717, 1.165) is 24.6 Å². The highest BCUT2D eigenvalue weighted by atomic mass is 15.3. The molecule has 1 rings (SSSR count). The minimum Gasteiger partial charge on any atom is -0.308 e. The molecule has 0 bridgehead atoms. The maximum Gasteiger partial charge on any atom is 0.144 e. The van der Waals surface area contributed by atoms with E-state index in [1.165, 1.54) is 0 Å². The van der Waals surface area contributed by atoms with Crippen molar-refractivity contribution in [2.24, 2.45) is 11.3 Å². The molecule has 0 amide bonds. The van der Waals surface area contributed by atoms with E-state index < -0.39 is 0 Å². The first kappa shape index (κ1) is 13.9. The lowest BCUT2D eigenvalue weighted by atomic mass is 9.96. The van der Waals surface area contributed by atoms with Crippen molar-refractivity contribution in [3.05, 3.63) is 17.6 Å². The van der Waals surface area contributed by atoms with Crippen LogP contribution < -0.4 is 11.3 Å². The second kappa shape index (κ2) is 5.42. The quantitative estimate of drug-likeness (QED) is 0.614. The van der Waals surface area contributed by atoms with Gasteiger partial charge in [-0.25, -0.2) is 15.8 Å². The lowest BCUT2D eigenvalue weighted by Crippen LogP contribution is -2.29. The van der Waals surface area contributed by atoms with Gasteiger partial charge in [0.15, 0.2) is 0 Å². The number of aromatic nitrogens is 2. The van der Waals surface area contributed by atoms with E-state index >= 15 is 0 Å². The van der Waals surface area contributed by atoms with E-state index in [1.54, 1.807) is 0 Å². The van der Waals surface area contributed by atoms with E-state index in [-0.39, 0.29) is 5.41 Å². The number of nitrogen functional groups attached to an aromatic ring is 1. The molecule has 0 aliphatic heterocycles. The van der Waals surface area contributed by atoms with Crippen LogP contribution in [0.15, 0.2) is 6.07 Å². The third-order valence-electron chi connectivity index (χ3n) is 2.20. The number of hydrazine groups is 1. The van der Waals surface area contributed by atoms with Crippen LogP contribution in [0, 0.1) is 12.3 Å². The second-order valence-electron chi connectivity index (χ2n) is 5.69. The molecule has 0 aliphatic carbocycles. The molecule has 3 N–H and O–H groups in total. The largest absolute Gasteiger partial charge is 0.308 e. The van der Waals surface area contributed by atoms with Crippen molar-refractivity contribution in [3.63, 3.8) is 0 Å². The van der Waals surface area contributed by atoms with E-state index in [2.05, 4.69) is 48.1 Å². The molecule has 0 spiro atoms. The molecule has 0 saturated heterocycles. The Morgan fingerprint density at radius 3 is 2.53 bits per heavy atom. The van der Waals surface area contributed by atoms with Gasteiger partial charge in [0.25, 0.3) is 0 Å². The zero-order valence-corrected chi connectivity index (χ0v) is 11.4. The number of nitrogens with zero attached hydrogens (tertiary/aromatic N) is 3. The minimum absolute atomic E-state index is 0.271. The second-order valence-corrected chi connectivity index (χ2v) is 5.69. The summed E-state index contributed by atoms with van der Waals surface area (Å²) in [5.41, 5.74) is 3.75. The number of hydrogen-bond acceptors (Lipinski definition) is 5. The normalized spacial score (nSPS) is 11.9. The molecule has 0 aliphatic rings. The molecule has 1 aromatic rings. The van der Waals surface area contributed by atoms with Gasteiger partial charge in [0.1, 0.15) is 11.6 Å². The number of hydrogen-bond donors (Lipinski definition) is 2. The topological polar surface area (TPSA) is 67.1 Å². The summed E-state index contributed by atoms with van der Waals surface area (Å²) in [4.78, 5) is 11.0. The molecule has 0 fully saturated rings. The molecule has 5 nitrogen and oxygen atoms in total. The number of rotatable bonds is 4. The van der Waals surface area contributed by atoms with Crippen LogP contribution in [-0.4, -0.2) is 28.5 Å². The lowest BCUT2D eigenvalue weighted by Gasteiger charge is -2.26. The number of nitrogens with one attached hydrogen (secondary N) is 1. The zero-order valence-electron chi connectivity index (χ0n) is 11.4. The van der Waals surface area contributed by atoms with Crippen molar-refractivity contribution in [3.8, 4) is 0 Å². The van der Waals surface area contributed by atoms with Crippen LogP contribution in [0.25, 0.3) is 0 Å². The van der Waals surface area contributed by atoms with Gasteiger partial charge >= 0.3 is 0 Å². The van der Waals surface area contributed by atoms with Crippen LogP contribution in [0.2, 0.25) is 0 Å². The molecule has 17 heavy (non-hydrogen) atoms. The Morgan fingerprint density at radius 1 is 1.35 bits per heavy atom. The molecule has 5 heteroatoms. The minimum atomic E-state index is 0.271. The molecule has 1 heterocycles. The smallest absolute Gasteiger partial charge is 0.144 e. The van der Waals surface area contributed by atoms with E-state index in [1.807, 2.05) is 13.0 Å². The van der Waals surface area contributed by atoms with Gasteiger partial charge in [0, 0.05) is 18.3 Å². The third kappa shape index (κ3) is 5.10. The monoisotopic (exact) mass is 237 g/mol. The summed E-state index contributed by atoms with van der Waals surface area (Å²) in [6.45, 7) is 10.3. The van der Waals surface area contributed by atoms with Crippen molar-refractivity contribution in [2.75, 3.05) is 19.0 Å². The average Bonchev–Trinajstić information content (AvgIpc) is 2.13. The molecule has 96 valence electrons. The van der Waals surface area contributed by atoms with Gasteiger partial charge in [0.2, 0.25) is 0 Å². The Labute approximate surface area is 103 Å². The predicted octanol–water partition coefficient (Wildman–Crippen LogP) is 1.55. The summed E-state index contributed by atoms with van der Waals surface area (Å²) in [7, 11) is 2.08. The molecule has 0 aromatic carbocycles. The fourth-order valence-electron chi connectivity index (χ4n) is 1.88. The van der Waals surface area contributed by atoms with Crippen LogP contribution in [0.1, 0.15) is 32.3 Å². The Bertz CT molecular complexity index is 370. The molecule has 1 aromatic heterocycles. The standard InChI is InChI=1S/C12H23N5/c1-9-6-10(16-13)15-11(14-9)7-17(5)8-12(2,3)4/h6H,7-8,13H2,1-5H3,(H,14,15,16). The molecule has 0 unspecified atom stereocenters. The highest BCUT2D eigenvalue weighted by Gasteiger charge is 2.14. The summed E-state index contributed by atoms with van der Waals surface area (Å²) in [6.07, 6.45) is 0. The Kier molecular flexibility index (Phi) is 4.42. The molecular formula is C12H23N5. The molecule has 0 atom stereocenters. The summed E-state index contributed by atoms with van der Waals surface area (Å²) >= 11 is 0. The SMILES string of the molecule is Cc1cc(NN)nc(CN(C)CC(C)(C)C)n1. The van der Waals surface area contributed by atoms with Crippen molar-refractivity contribution < 1.29 is 0 Å². The molecule has 0 radical (unpaired) electrons. The fraction of sp³-hybridized carbons (Fsp3) is 0.667. The van der Waals surface area contributed by atoms with E-state index in [9.17, 15) is 0 Å². The van der Waals surface area contributed by atoms with Crippen LogP contribution in [0.3, 0.4) is 0 Å². The first-order chi connectivity index (χ1) is 7.80. The van der Waals surface area contributed by atoms with Gasteiger partial charge in [-0.05, 0) is 19.4 Å². The molecular weight excluding hydrogens is 214 g/mol. The summed E-state index contributed by atoms with van der Waals surface area (Å²) in [5.74, 6) is 6.83. The number of nitrogens with two attached hydrogens (primary N) is 1. The third-order valence-corrected chi connectivity index (χ3v) is 2.20. The highest BCUT2D eigenvalue weighted by molar-refractivity contribution is 5.33. The predicted molar refractivity (Wildman–Crippen MR) is 70.4 cm³/mol. The lowest BCUT2D eigenvalue weighted by molar-refractivity contribution is 0.217. The van der Waals surface area contributed by atoms with Gasteiger partial charge in [-0.1, -0.05) is 20.8 Å². The van der Waals surface area contributed by atoms with Crippen LogP contribution in [0.4, 0.5) is 5.82 Å². The highest BCUT2D eigenvalue weighted by Crippen LogP contribution is 2.15. The Morgan fingerprint density at radius 2 is 2.00 bits per heavy atom. The van der Waals surface area contributed by atoms with E-state index in [0.29, 0.717) is 5.82 Å². The summed E-state index contributed by atoms with van der Waals surface area (Å²) in [5, 5.41) is 0. The first-order valence-corrected chi connectivity index (χ1v) is 5.80. The van der Waals surface area contributed by atoms with E-state index in [4.69, 9.17) is 5.84 Å². The molecule has 0 saturated carbocycles. The van der Waals surface area contributed by atoms with Gasteiger partial charge in [0.05, 0.1) is 6.54 Å².